The maximum Gasteiger partial charge on any atom is 0.180 e. The van der Waals surface area contributed by atoms with E-state index in [1.165, 1.54) is 86.4 Å². The smallest absolute Gasteiger partial charge is 0.180 e. The van der Waals surface area contributed by atoms with Crippen LogP contribution in [0.5, 0.6) is 0 Å². The van der Waals surface area contributed by atoms with Crippen molar-refractivity contribution in [3.05, 3.63) is 258 Å². The van der Waals surface area contributed by atoms with Gasteiger partial charge in [0.05, 0.1) is 16.8 Å². The van der Waals surface area contributed by atoms with Gasteiger partial charge in [0, 0.05) is 20.9 Å². The Kier molecular flexibility index (Phi) is 8.13. The van der Waals surface area contributed by atoms with E-state index in [2.05, 4.69) is 243 Å². The van der Waals surface area contributed by atoms with Crippen LogP contribution in [-0.2, 0) is 10.8 Å². The molecule has 3 heteroatoms. The lowest BCUT2D eigenvalue weighted by Gasteiger charge is -2.51. The Morgan fingerprint density at radius 1 is 0.377 bits per heavy atom. The van der Waals surface area contributed by atoms with E-state index < -0.39 is 13.5 Å². The van der Waals surface area contributed by atoms with E-state index in [4.69, 9.17) is 0 Å². The third-order valence-corrected chi connectivity index (χ3v) is 19.9. The largest absolute Gasteiger partial charge is 0.310 e. The van der Waals surface area contributed by atoms with Crippen molar-refractivity contribution in [1.29, 1.82) is 0 Å². The van der Waals surface area contributed by atoms with Crippen LogP contribution >= 0.6 is 11.8 Å². The van der Waals surface area contributed by atoms with Crippen LogP contribution in [0.4, 0.5) is 17.1 Å². The molecule has 0 N–H and O–H groups in total. The highest BCUT2D eigenvalue weighted by atomic mass is 32.2. The summed E-state index contributed by atoms with van der Waals surface area (Å²) >= 11 is 1.91. The van der Waals surface area contributed by atoms with Gasteiger partial charge in [-0.2, -0.15) is 0 Å². The molecule has 0 amide bonds. The number of fused-ring (bicyclic) bond motifs is 10. The minimum absolute atomic E-state index is 0.0972. The fraction of sp³-hybridized carbons (Fsp3) is 0.0690. The minimum atomic E-state index is -2.80. The Labute approximate surface area is 364 Å². The summed E-state index contributed by atoms with van der Waals surface area (Å²) in [5.41, 5.74) is 13.6. The van der Waals surface area contributed by atoms with Crippen LogP contribution in [0.3, 0.4) is 0 Å². The number of nitrogens with zero attached hydrogens (tertiary/aromatic N) is 1. The van der Waals surface area contributed by atoms with E-state index in [1.807, 2.05) is 11.8 Å². The average molecular weight is 814 g/mol. The fourth-order valence-corrected chi connectivity index (χ4v) is 17.7. The monoisotopic (exact) mass is 813 g/mol. The van der Waals surface area contributed by atoms with Gasteiger partial charge in [0.1, 0.15) is 0 Å². The Balaban J connectivity index is 1.08. The van der Waals surface area contributed by atoms with Crippen molar-refractivity contribution in [2.24, 2.45) is 0 Å². The summed E-state index contributed by atoms with van der Waals surface area (Å²) in [4.78, 5) is 5.07. The quantitative estimate of drug-likeness (QED) is 0.163. The van der Waals surface area contributed by atoms with Crippen LogP contribution in [0.15, 0.2) is 234 Å². The van der Waals surface area contributed by atoms with E-state index >= 15 is 0 Å². The van der Waals surface area contributed by atoms with Crippen LogP contribution in [0.25, 0.3) is 11.1 Å². The molecule has 1 nitrogen and oxygen atoms in total. The molecular weight excluding hydrogens is 771 g/mol. The highest BCUT2D eigenvalue weighted by Gasteiger charge is 2.57. The maximum absolute atomic E-state index is 2.80. The van der Waals surface area contributed by atoms with Crippen LogP contribution in [0.1, 0.15) is 47.2 Å². The Morgan fingerprint density at radius 2 is 0.820 bits per heavy atom. The summed E-state index contributed by atoms with van der Waals surface area (Å²) in [7, 11) is -2.80. The molecule has 1 spiro atoms. The first-order chi connectivity index (χ1) is 30.0. The molecule has 0 radical (unpaired) electrons. The van der Waals surface area contributed by atoms with Gasteiger partial charge in [-0.25, -0.2) is 0 Å². The molecule has 0 atom stereocenters. The van der Waals surface area contributed by atoms with Gasteiger partial charge in [-0.3, -0.25) is 0 Å². The summed E-state index contributed by atoms with van der Waals surface area (Å²) in [5.74, 6) is 0. The van der Waals surface area contributed by atoms with Crippen LogP contribution in [0.2, 0.25) is 0 Å². The van der Waals surface area contributed by atoms with Crippen molar-refractivity contribution >= 4 is 57.6 Å². The second-order valence-electron chi connectivity index (χ2n) is 17.2. The summed E-state index contributed by atoms with van der Waals surface area (Å²) < 4.78 is 0. The van der Waals surface area contributed by atoms with Gasteiger partial charge < -0.3 is 4.90 Å². The molecule has 0 saturated heterocycles. The summed E-state index contributed by atoms with van der Waals surface area (Å²) in [6.45, 7) is 4.69. The second kappa shape index (κ2) is 13.7. The molecule has 3 aliphatic rings. The molecule has 3 aliphatic heterocycles. The Bertz CT molecular complexity index is 3010. The van der Waals surface area contributed by atoms with Gasteiger partial charge in [0.25, 0.3) is 0 Å². The first-order valence-electron chi connectivity index (χ1n) is 21.3. The SMILES string of the molecule is CC1(C)c2ccccc2N(c2ccc(-c3ccc4c(c3)C3(c5ccccc5S4)c4ccccc4[Si](c4ccccc4)(c4ccccc4)c4ccccc43)cc2)c2ccccc21. The molecule has 0 unspecified atom stereocenters. The zero-order chi connectivity index (χ0) is 40.8. The number of rotatable bonds is 4. The third-order valence-electron chi connectivity index (χ3n) is 13.9. The van der Waals surface area contributed by atoms with Crippen molar-refractivity contribution in [1.82, 2.24) is 0 Å². The zero-order valence-electron chi connectivity index (χ0n) is 34.2. The molecule has 9 aromatic rings. The number of hydrogen-bond donors (Lipinski definition) is 0. The average Bonchev–Trinajstić information content (AvgIpc) is 3.32. The lowest BCUT2D eigenvalue weighted by molar-refractivity contribution is 0.632. The topological polar surface area (TPSA) is 3.24 Å². The predicted octanol–water partition coefficient (Wildman–Crippen LogP) is 12.0. The van der Waals surface area contributed by atoms with Gasteiger partial charge in [0.15, 0.2) is 8.07 Å². The van der Waals surface area contributed by atoms with Crippen molar-refractivity contribution < 1.29 is 0 Å². The van der Waals surface area contributed by atoms with Gasteiger partial charge >= 0.3 is 0 Å². The minimum Gasteiger partial charge on any atom is -0.310 e. The van der Waals surface area contributed by atoms with Crippen molar-refractivity contribution in [3.8, 4) is 11.1 Å². The van der Waals surface area contributed by atoms with Gasteiger partial charge in [0.2, 0.25) is 0 Å². The number of anilines is 3. The standard InChI is InChI=1S/C58H43NSSi/c1-57(2)45-23-9-14-28-51(45)59(52-29-15-10-24-46(52)57)42-36-33-40(34-37-42)41-35-38-54-50(39-41)58(47-25-11-16-30-53(47)60-54)48-26-12-17-31-55(48)61(43-19-5-3-6-20-43,44-21-7-4-8-22-44)56-32-18-13-27-49(56)58/h3-39H,1-2H3. The Morgan fingerprint density at radius 3 is 1.39 bits per heavy atom. The normalized spacial score (nSPS) is 15.7. The molecule has 0 bridgehead atoms. The molecule has 0 fully saturated rings. The van der Waals surface area contributed by atoms with E-state index in [9.17, 15) is 0 Å². The third kappa shape index (κ3) is 5.02. The van der Waals surface area contributed by atoms with E-state index in [0.717, 1.165) is 5.69 Å². The van der Waals surface area contributed by atoms with Crippen LogP contribution < -0.4 is 25.6 Å². The van der Waals surface area contributed by atoms with E-state index in [1.54, 1.807) is 0 Å². The molecule has 0 saturated carbocycles. The lowest BCUT2D eigenvalue weighted by Crippen LogP contribution is -2.79. The van der Waals surface area contributed by atoms with E-state index in [-0.39, 0.29) is 5.41 Å². The number of hydrogen-bond acceptors (Lipinski definition) is 2. The summed E-state index contributed by atoms with van der Waals surface area (Å²) in [5, 5.41) is 5.73. The zero-order valence-corrected chi connectivity index (χ0v) is 36.0. The first-order valence-corrected chi connectivity index (χ1v) is 24.2. The molecule has 0 aliphatic carbocycles. The van der Waals surface area contributed by atoms with Gasteiger partial charge in [-0.05, 0) is 108 Å². The second-order valence-corrected chi connectivity index (χ2v) is 22.0. The lowest BCUT2D eigenvalue weighted by atomic mass is 9.64. The predicted molar refractivity (Wildman–Crippen MR) is 258 cm³/mol. The summed E-state index contributed by atoms with van der Waals surface area (Å²) in [6.07, 6.45) is 0. The number of para-hydroxylation sites is 2. The fourth-order valence-electron chi connectivity index (χ4n) is 11.3. The highest BCUT2D eigenvalue weighted by molar-refractivity contribution is 7.99. The first kappa shape index (κ1) is 36.2. The molecule has 61 heavy (non-hydrogen) atoms. The van der Waals surface area contributed by atoms with Crippen molar-refractivity contribution in [3.63, 3.8) is 0 Å². The van der Waals surface area contributed by atoms with E-state index in [0.29, 0.717) is 0 Å². The molecular formula is C58H43NSSi. The van der Waals surface area contributed by atoms with Crippen molar-refractivity contribution in [2.45, 2.75) is 34.5 Å². The maximum atomic E-state index is 2.52. The van der Waals surface area contributed by atoms with Gasteiger partial charge in [-0.1, -0.05) is 208 Å². The molecule has 9 aromatic carbocycles. The van der Waals surface area contributed by atoms with Gasteiger partial charge in [-0.15, -0.1) is 0 Å². The van der Waals surface area contributed by atoms with Crippen molar-refractivity contribution in [2.75, 3.05) is 4.90 Å². The summed E-state index contributed by atoms with van der Waals surface area (Å²) in [6, 6.07) is 85.1. The molecule has 12 rings (SSSR count). The molecule has 0 aromatic heterocycles. The highest BCUT2D eigenvalue weighted by Crippen LogP contribution is 2.57. The number of benzene rings is 9. The van der Waals surface area contributed by atoms with Crippen LogP contribution in [-0.4, -0.2) is 8.07 Å². The Hall–Kier alpha value is -6.65. The van der Waals surface area contributed by atoms with Crippen LogP contribution in [0, 0.1) is 0 Å². The molecule has 3 heterocycles. The molecule has 290 valence electrons.